The van der Waals surface area contributed by atoms with Gasteiger partial charge in [0.05, 0.1) is 27.3 Å². The van der Waals surface area contributed by atoms with Crippen LogP contribution in [0.4, 0.5) is 0 Å². The second-order valence-corrected chi connectivity index (χ2v) is 9.27. The quantitative estimate of drug-likeness (QED) is 0.579. The number of oxime groups is 1. The van der Waals surface area contributed by atoms with Crippen LogP contribution in [-0.2, 0) is 11.4 Å². The van der Waals surface area contributed by atoms with E-state index in [2.05, 4.69) is 34.1 Å². The van der Waals surface area contributed by atoms with Gasteiger partial charge >= 0.3 is 0 Å². The standard InChI is InChI=1S/C26H29N3O4/c1-17-12-20-13-18(5-7-23(20)32-17)25-27-33-26(16-28-10-8-21(26)9-11-28)29(25)15-19-4-6-22(30-2)14-24(19)31-3/h4-7,12-14,21H,8-11,15-16H2,1-3H3. The molecule has 1 unspecified atom stereocenters. The Kier molecular flexibility index (Phi) is 4.76. The van der Waals surface area contributed by atoms with E-state index in [-0.39, 0.29) is 0 Å². The van der Waals surface area contributed by atoms with E-state index < -0.39 is 5.72 Å². The molecule has 2 aromatic carbocycles. The second-order valence-electron chi connectivity index (χ2n) is 9.27. The van der Waals surface area contributed by atoms with Crippen molar-refractivity contribution < 1.29 is 18.7 Å². The summed E-state index contributed by atoms with van der Waals surface area (Å²) in [5, 5.41) is 5.78. The van der Waals surface area contributed by atoms with Gasteiger partial charge in [-0.25, -0.2) is 0 Å². The van der Waals surface area contributed by atoms with Crippen LogP contribution in [0.5, 0.6) is 11.5 Å². The maximum Gasteiger partial charge on any atom is 0.227 e. The number of fused-ring (bicyclic) bond motifs is 3. The highest BCUT2D eigenvalue weighted by molar-refractivity contribution is 6.02. The molecule has 7 nitrogen and oxygen atoms in total. The zero-order valence-electron chi connectivity index (χ0n) is 19.3. The van der Waals surface area contributed by atoms with Crippen LogP contribution in [0.2, 0.25) is 0 Å². The van der Waals surface area contributed by atoms with Gasteiger partial charge in [0.15, 0.2) is 5.84 Å². The topological polar surface area (TPSA) is 59.7 Å². The average Bonchev–Trinajstić information content (AvgIpc) is 3.39. The van der Waals surface area contributed by atoms with Gasteiger partial charge in [-0.2, -0.15) is 0 Å². The number of piperidine rings is 3. The molecule has 0 amide bonds. The summed E-state index contributed by atoms with van der Waals surface area (Å²) in [7, 11) is 3.37. The lowest BCUT2D eigenvalue weighted by Gasteiger charge is -2.53. The van der Waals surface area contributed by atoms with Crippen molar-refractivity contribution in [1.82, 2.24) is 9.80 Å². The fourth-order valence-corrected chi connectivity index (χ4v) is 5.69. The maximum atomic E-state index is 6.39. The number of rotatable bonds is 5. The fourth-order valence-electron chi connectivity index (χ4n) is 5.69. The maximum absolute atomic E-state index is 6.39. The van der Waals surface area contributed by atoms with Crippen molar-refractivity contribution in [2.75, 3.05) is 33.9 Å². The molecule has 1 aromatic heterocycles. The third-order valence-electron chi connectivity index (χ3n) is 7.40. The lowest BCUT2D eigenvalue weighted by atomic mass is 9.79. The number of ether oxygens (including phenoxy) is 2. The largest absolute Gasteiger partial charge is 0.497 e. The van der Waals surface area contributed by atoms with Crippen molar-refractivity contribution >= 4 is 16.8 Å². The summed E-state index contributed by atoms with van der Waals surface area (Å²) in [6.07, 6.45) is 2.25. The Bertz CT molecular complexity index is 1230. The predicted octanol–water partition coefficient (Wildman–Crippen LogP) is 4.37. The van der Waals surface area contributed by atoms with Crippen LogP contribution in [0, 0.1) is 12.8 Å². The normalized spacial score (nSPS) is 26.0. The van der Waals surface area contributed by atoms with E-state index in [0.29, 0.717) is 12.5 Å². The van der Waals surface area contributed by atoms with Crippen LogP contribution in [0.25, 0.3) is 11.0 Å². The Morgan fingerprint density at radius 1 is 1.06 bits per heavy atom. The molecule has 3 fully saturated rings. The third kappa shape index (κ3) is 3.25. The Hall–Kier alpha value is -3.19. The summed E-state index contributed by atoms with van der Waals surface area (Å²) in [5.74, 6) is 3.79. The van der Waals surface area contributed by atoms with Crippen molar-refractivity contribution in [3.8, 4) is 11.5 Å². The molecular weight excluding hydrogens is 418 g/mol. The number of nitrogens with zero attached hydrogens (tertiary/aromatic N) is 3. The van der Waals surface area contributed by atoms with Gasteiger partial charge < -0.3 is 23.6 Å². The van der Waals surface area contributed by atoms with Crippen LogP contribution in [-0.4, -0.2) is 55.2 Å². The Morgan fingerprint density at radius 2 is 1.91 bits per heavy atom. The number of amidine groups is 1. The highest BCUT2D eigenvalue weighted by atomic mass is 16.7. The van der Waals surface area contributed by atoms with Crippen molar-refractivity contribution in [1.29, 1.82) is 0 Å². The SMILES string of the molecule is COc1ccc(CN2C(c3ccc4oc(C)cc4c3)=NOC23CN2CCC3CC2)c(OC)c1. The van der Waals surface area contributed by atoms with E-state index in [1.54, 1.807) is 14.2 Å². The molecule has 1 atom stereocenters. The van der Waals surface area contributed by atoms with Gasteiger partial charge in [-0.15, -0.1) is 0 Å². The first-order chi connectivity index (χ1) is 16.1. The molecule has 33 heavy (non-hydrogen) atoms. The summed E-state index contributed by atoms with van der Waals surface area (Å²) in [6.45, 7) is 5.73. The predicted molar refractivity (Wildman–Crippen MR) is 126 cm³/mol. The Labute approximate surface area is 193 Å². The van der Waals surface area contributed by atoms with Crippen LogP contribution < -0.4 is 9.47 Å². The first-order valence-electron chi connectivity index (χ1n) is 11.6. The van der Waals surface area contributed by atoms with Crippen molar-refractivity contribution in [3.05, 3.63) is 59.4 Å². The van der Waals surface area contributed by atoms with E-state index in [1.165, 1.54) is 0 Å². The van der Waals surface area contributed by atoms with E-state index in [4.69, 9.17) is 23.9 Å². The molecule has 1 spiro atoms. The first kappa shape index (κ1) is 20.4. The Morgan fingerprint density at radius 3 is 2.64 bits per heavy atom. The van der Waals surface area contributed by atoms with Gasteiger partial charge in [-0.3, -0.25) is 4.90 Å². The minimum atomic E-state index is -0.460. The monoisotopic (exact) mass is 447 g/mol. The highest BCUT2D eigenvalue weighted by Crippen LogP contribution is 2.45. The summed E-state index contributed by atoms with van der Waals surface area (Å²) in [6, 6.07) is 14.3. The molecule has 3 aromatic rings. The van der Waals surface area contributed by atoms with Gasteiger partial charge in [0.25, 0.3) is 0 Å². The number of hydrogen-bond acceptors (Lipinski definition) is 7. The first-order valence-corrected chi connectivity index (χ1v) is 11.6. The van der Waals surface area contributed by atoms with Gasteiger partial charge in [0.1, 0.15) is 22.8 Å². The van der Waals surface area contributed by atoms with E-state index >= 15 is 0 Å². The molecule has 0 radical (unpaired) electrons. The zero-order chi connectivity index (χ0) is 22.6. The minimum absolute atomic E-state index is 0.438. The number of benzene rings is 2. The van der Waals surface area contributed by atoms with Crippen molar-refractivity contribution in [2.24, 2.45) is 11.1 Å². The third-order valence-corrected chi connectivity index (χ3v) is 7.40. The minimum Gasteiger partial charge on any atom is -0.497 e. The van der Waals surface area contributed by atoms with Gasteiger partial charge in [0.2, 0.25) is 5.72 Å². The molecule has 4 aliphatic heterocycles. The molecule has 172 valence electrons. The van der Waals surface area contributed by atoms with Gasteiger partial charge in [-0.05, 0) is 69.3 Å². The summed E-state index contributed by atoms with van der Waals surface area (Å²) in [4.78, 5) is 11.2. The van der Waals surface area contributed by atoms with Crippen molar-refractivity contribution in [2.45, 2.75) is 32.0 Å². The van der Waals surface area contributed by atoms with Crippen molar-refractivity contribution in [3.63, 3.8) is 0 Å². The molecular formula is C26H29N3O4. The molecule has 0 saturated carbocycles. The van der Waals surface area contributed by atoms with Crippen LogP contribution >= 0.6 is 0 Å². The second kappa shape index (κ2) is 7.70. The van der Waals surface area contributed by atoms with Crippen LogP contribution in [0.1, 0.15) is 29.7 Å². The molecule has 0 N–H and O–H groups in total. The molecule has 2 bridgehead atoms. The lowest BCUT2D eigenvalue weighted by molar-refractivity contribution is -0.198. The smallest absolute Gasteiger partial charge is 0.227 e. The molecule has 7 heteroatoms. The number of methoxy groups -OCH3 is 2. The number of furan rings is 1. The molecule has 0 aliphatic carbocycles. The van der Waals surface area contributed by atoms with Crippen LogP contribution in [0.3, 0.4) is 0 Å². The summed E-state index contributed by atoms with van der Waals surface area (Å²) < 4.78 is 16.9. The fraction of sp³-hybridized carbons (Fsp3) is 0.423. The number of aryl methyl sites for hydroxylation is 1. The average molecular weight is 448 g/mol. The molecule has 7 rings (SSSR count). The van der Waals surface area contributed by atoms with Crippen LogP contribution in [0.15, 0.2) is 52.0 Å². The van der Waals surface area contributed by atoms with E-state index in [0.717, 1.165) is 77.7 Å². The number of hydrogen-bond donors (Lipinski definition) is 0. The van der Waals surface area contributed by atoms with E-state index in [1.807, 2.05) is 25.1 Å². The molecule has 3 saturated heterocycles. The molecule has 4 aliphatic rings. The summed E-state index contributed by atoms with van der Waals surface area (Å²) >= 11 is 0. The van der Waals surface area contributed by atoms with E-state index in [9.17, 15) is 0 Å². The highest BCUT2D eigenvalue weighted by Gasteiger charge is 2.57. The molecule has 5 heterocycles. The lowest BCUT2D eigenvalue weighted by Crippen LogP contribution is -2.66. The Balaban J connectivity index is 1.42. The zero-order valence-corrected chi connectivity index (χ0v) is 19.3. The van der Waals surface area contributed by atoms with Gasteiger partial charge in [0, 0.05) is 28.5 Å². The van der Waals surface area contributed by atoms with Gasteiger partial charge in [-0.1, -0.05) is 5.16 Å². The summed E-state index contributed by atoms with van der Waals surface area (Å²) in [5.41, 5.74) is 2.53.